The van der Waals surface area contributed by atoms with E-state index >= 15 is 0 Å². The molecule has 0 aliphatic heterocycles. The Hall–Kier alpha value is -1.02. The van der Waals surface area contributed by atoms with Crippen LogP contribution in [0.25, 0.3) is 0 Å². The number of nitrogens with one attached hydrogen (secondary N) is 1. The van der Waals surface area contributed by atoms with E-state index in [1.165, 1.54) is 30.4 Å². The van der Waals surface area contributed by atoms with Crippen LogP contribution in [0.2, 0.25) is 0 Å². The van der Waals surface area contributed by atoms with Crippen LogP contribution in [0.3, 0.4) is 0 Å². The molecule has 0 radical (unpaired) electrons. The lowest BCUT2D eigenvalue weighted by Gasteiger charge is -2.10. The summed E-state index contributed by atoms with van der Waals surface area (Å²) in [4.78, 5) is 0. The standard InChI is InChI=1S/C14H21NO/c1-11(2)15-8-9-16-14-7-6-12-4-3-5-13(12)10-14/h6-7,10-11,15H,3-5,8-9H2,1-2H3. The van der Waals surface area contributed by atoms with Gasteiger partial charge in [0.25, 0.3) is 0 Å². The van der Waals surface area contributed by atoms with E-state index < -0.39 is 0 Å². The molecule has 2 heteroatoms. The Bertz CT molecular complexity index is 347. The summed E-state index contributed by atoms with van der Waals surface area (Å²) in [5.41, 5.74) is 2.99. The van der Waals surface area contributed by atoms with E-state index in [1.54, 1.807) is 0 Å². The highest BCUT2D eigenvalue weighted by Gasteiger charge is 2.10. The Kier molecular flexibility index (Phi) is 3.83. The molecule has 0 spiro atoms. The summed E-state index contributed by atoms with van der Waals surface area (Å²) in [5.74, 6) is 1.02. The highest BCUT2D eigenvalue weighted by Crippen LogP contribution is 2.25. The van der Waals surface area contributed by atoms with E-state index in [0.29, 0.717) is 6.04 Å². The van der Waals surface area contributed by atoms with Gasteiger partial charge in [0.2, 0.25) is 0 Å². The number of hydrogen-bond acceptors (Lipinski definition) is 2. The first-order valence-electron chi connectivity index (χ1n) is 6.23. The summed E-state index contributed by atoms with van der Waals surface area (Å²) in [6.45, 7) is 5.95. The van der Waals surface area contributed by atoms with Crippen LogP contribution in [0, 0.1) is 0 Å². The van der Waals surface area contributed by atoms with E-state index in [-0.39, 0.29) is 0 Å². The molecule has 0 amide bonds. The summed E-state index contributed by atoms with van der Waals surface area (Å²) in [6, 6.07) is 7.05. The van der Waals surface area contributed by atoms with E-state index in [2.05, 4.69) is 37.4 Å². The molecule has 2 nitrogen and oxygen atoms in total. The molecule has 0 atom stereocenters. The fourth-order valence-corrected chi connectivity index (χ4v) is 2.15. The van der Waals surface area contributed by atoms with Gasteiger partial charge in [0, 0.05) is 12.6 Å². The Balaban J connectivity index is 1.81. The molecule has 0 bridgehead atoms. The van der Waals surface area contributed by atoms with Crippen LogP contribution < -0.4 is 10.1 Å². The molecule has 2 rings (SSSR count). The van der Waals surface area contributed by atoms with Crippen LogP contribution in [0.5, 0.6) is 5.75 Å². The molecule has 0 saturated carbocycles. The van der Waals surface area contributed by atoms with Crippen molar-refractivity contribution < 1.29 is 4.74 Å². The highest BCUT2D eigenvalue weighted by atomic mass is 16.5. The SMILES string of the molecule is CC(C)NCCOc1ccc2c(c1)CCC2. The summed E-state index contributed by atoms with van der Waals surface area (Å²) >= 11 is 0. The molecule has 1 aliphatic rings. The maximum Gasteiger partial charge on any atom is 0.119 e. The molecule has 0 aromatic heterocycles. The number of hydrogen-bond donors (Lipinski definition) is 1. The Morgan fingerprint density at radius 3 is 2.88 bits per heavy atom. The number of rotatable bonds is 5. The Morgan fingerprint density at radius 2 is 2.06 bits per heavy atom. The fourth-order valence-electron chi connectivity index (χ4n) is 2.15. The molecular formula is C14H21NO. The minimum absolute atomic E-state index is 0.531. The number of benzene rings is 1. The number of ether oxygens (including phenoxy) is 1. The van der Waals surface area contributed by atoms with Gasteiger partial charge in [-0.2, -0.15) is 0 Å². The summed E-state index contributed by atoms with van der Waals surface area (Å²) in [6.07, 6.45) is 3.76. The normalized spacial score (nSPS) is 14.2. The third kappa shape index (κ3) is 2.99. The minimum atomic E-state index is 0.531. The van der Waals surface area contributed by atoms with Gasteiger partial charge in [-0.25, -0.2) is 0 Å². The van der Waals surface area contributed by atoms with Gasteiger partial charge in [-0.3, -0.25) is 0 Å². The van der Waals surface area contributed by atoms with Crippen molar-refractivity contribution in [1.82, 2.24) is 5.32 Å². The van der Waals surface area contributed by atoms with Crippen LogP contribution in [0.1, 0.15) is 31.4 Å². The van der Waals surface area contributed by atoms with Crippen LogP contribution >= 0.6 is 0 Å². The average Bonchev–Trinajstić information content (AvgIpc) is 2.71. The largest absolute Gasteiger partial charge is 0.492 e. The maximum atomic E-state index is 5.72. The van der Waals surface area contributed by atoms with E-state index in [1.807, 2.05) is 0 Å². The second kappa shape index (κ2) is 5.35. The molecule has 16 heavy (non-hydrogen) atoms. The summed E-state index contributed by atoms with van der Waals surface area (Å²) in [5, 5.41) is 3.34. The van der Waals surface area contributed by atoms with Crippen molar-refractivity contribution in [1.29, 1.82) is 0 Å². The quantitative estimate of drug-likeness (QED) is 0.768. The lowest BCUT2D eigenvalue weighted by atomic mass is 10.1. The predicted octanol–water partition coefficient (Wildman–Crippen LogP) is 2.55. The predicted molar refractivity (Wildman–Crippen MR) is 67.1 cm³/mol. The van der Waals surface area contributed by atoms with Gasteiger partial charge in [-0.1, -0.05) is 19.9 Å². The topological polar surface area (TPSA) is 21.3 Å². The first-order chi connectivity index (χ1) is 7.75. The molecule has 1 aromatic carbocycles. The van der Waals surface area contributed by atoms with Gasteiger partial charge in [0.15, 0.2) is 0 Å². The zero-order chi connectivity index (χ0) is 11.4. The molecule has 0 saturated heterocycles. The van der Waals surface area contributed by atoms with Crippen LogP contribution in [-0.2, 0) is 12.8 Å². The smallest absolute Gasteiger partial charge is 0.119 e. The first-order valence-corrected chi connectivity index (χ1v) is 6.23. The zero-order valence-electron chi connectivity index (χ0n) is 10.3. The Labute approximate surface area is 98.0 Å². The fraction of sp³-hybridized carbons (Fsp3) is 0.571. The van der Waals surface area contributed by atoms with Crippen molar-refractivity contribution in [3.05, 3.63) is 29.3 Å². The van der Waals surface area contributed by atoms with Crippen molar-refractivity contribution >= 4 is 0 Å². The third-order valence-electron chi connectivity index (χ3n) is 2.99. The van der Waals surface area contributed by atoms with Gasteiger partial charge in [0.05, 0.1) is 0 Å². The number of aryl methyl sites for hydroxylation is 2. The highest BCUT2D eigenvalue weighted by molar-refractivity contribution is 5.38. The molecule has 0 heterocycles. The van der Waals surface area contributed by atoms with Crippen molar-refractivity contribution in [2.45, 2.75) is 39.2 Å². The summed E-state index contributed by atoms with van der Waals surface area (Å²) in [7, 11) is 0. The van der Waals surface area contributed by atoms with Gasteiger partial charge in [-0.15, -0.1) is 0 Å². The summed E-state index contributed by atoms with van der Waals surface area (Å²) < 4.78 is 5.72. The second-order valence-corrected chi connectivity index (χ2v) is 4.74. The molecule has 1 aliphatic carbocycles. The van der Waals surface area contributed by atoms with Gasteiger partial charge in [0.1, 0.15) is 12.4 Å². The van der Waals surface area contributed by atoms with E-state index in [0.717, 1.165) is 18.9 Å². The van der Waals surface area contributed by atoms with Gasteiger partial charge in [-0.05, 0) is 42.5 Å². The molecule has 88 valence electrons. The monoisotopic (exact) mass is 219 g/mol. The lowest BCUT2D eigenvalue weighted by Crippen LogP contribution is -2.27. The maximum absolute atomic E-state index is 5.72. The van der Waals surface area contributed by atoms with Crippen LogP contribution in [0.15, 0.2) is 18.2 Å². The number of fused-ring (bicyclic) bond motifs is 1. The van der Waals surface area contributed by atoms with E-state index in [4.69, 9.17) is 4.74 Å². The van der Waals surface area contributed by atoms with E-state index in [9.17, 15) is 0 Å². The van der Waals surface area contributed by atoms with Gasteiger partial charge < -0.3 is 10.1 Å². The van der Waals surface area contributed by atoms with Crippen molar-refractivity contribution in [2.75, 3.05) is 13.2 Å². The van der Waals surface area contributed by atoms with Crippen LogP contribution in [-0.4, -0.2) is 19.2 Å². The molecule has 1 aromatic rings. The van der Waals surface area contributed by atoms with Crippen molar-refractivity contribution in [2.24, 2.45) is 0 Å². The molecule has 0 fully saturated rings. The molecule has 0 unspecified atom stereocenters. The third-order valence-corrected chi connectivity index (χ3v) is 2.99. The molecular weight excluding hydrogens is 198 g/mol. The second-order valence-electron chi connectivity index (χ2n) is 4.74. The first kappa shape index (κ1) is 11.5. The van der Waals surface area contributed by atoms with Crippen molar-refractivity contribution in [3.63, 3.8) is 0 Å². The van der Waals surface area contributed by atoms with Crippen molar-refractivity contribution in [3.8, 4) is 5.75 Å². The van der Waals surface area contributed by atoms with Gasteiger partial charge >= 0.3 is 0 Å². The van der Waals surface area contributed by atoms with Crippen LogP contribution in [0.4, 0.5) is 0 Å². The Morgan fingerprint density at radius 1 is 1.25 bits per heavy atom. The minimum Gasteiger partial charge on any atom is -0.492 e. The average molecular weight is 219 g/mol. The lowest BCUT2D eigenvalue weighted by molar-refractivity contribution is 0.308. The zero-order valence-corrected chi connectivity index (χ0v) is 10.3. The molecule has 1 N–H and O–H groups in total.